The molecule has 0 fully saturated rings. The van der Waals surface area contributed by atoms with E-state index in [2.05, 4.69) is 4.98 Å². The fraction of sp³-hybridized carbons (Fsp3) is 0.185. The summed E-state index contributed by atoms with van der Waals surface area (Å²) < 4.78 is 57.8. The van der Waals surface area contributed by atoms with E-state index in [1.165, 1.54) is 43.6 Å². The van der Waals surface area contributed by atoms with Gasteiger partial charge in [-0.3, -0.25) is 0 Å². The molecule has 0 aliphatic carbocycles. The summed E-state index contributed by atoms with van der Waals surface area (Å²) in [5, 5.41) is 0.430. The van der Waals surface area contributed by atoms with Crippen LogP contribution in [0, 0.1) is 5.92 Å². The molecule has 0 aliphatic heterocycles. The van der Waals surface area contributed by atoms with Gasteiger partial charge in [0.15, 0.2) is 15.5 Å². The zero-order valence-corrected chi connectivity index (χ0v) is 22.4. The van der Waals surface area contributed by atoms with Crippen LogP contribution in [0.2, 0.25) is 0 Å². The molecule has 0 unspecified atom stereocenters. The molecule has 37 heavy (non-hydrogen) atoms. The van der Waals surface area contributed by atoms with Crippen LogP contribution in [0.25, 0.3) is 16.6 Å². The number of benzene rings is 2. The second-order valence-corrected chi connectivity index (χ2v) is 12.7. The Hall–Kier alpha value is -3.76. The third kappa shape index (κ3) is 5.21. The Kier molecular flexibility index (Phi) is 7.07. The van der Waals surface area contributed by atoms with Gasteiger partial charge in [0.25, 0.3) is 10.0 Å². The molecule has 192 valence electrons. The minimum Gasteiger partial charge on any atom is -0.465 e. The predicted molar refractivity (Wildman–Crippen MR) is 142 cm³/mol. The van der Waals surface area contributed by atoms with Crippen molar-refractivity contribution in [2.24, 2.45) is 5.92 Å². The summed E-state index contributed by atoms with van der Waals surface area (Å²) in [5.74, 6) is -0.571. The Morgan fingerprint density at radius 1 is 0.919 bits per heavy atom. The summed E-state index contributed by atoms with van der Waals surface area (Å²) in [6, 6.07) is 17.5. The Morgan fingerprint density at radius 2 is 1.57 bits per heavy atom. The number of aromatic nitrogens is 2. The number of rotatable bonds is 7. The van der Waals surface area contributed by atoms with Gasteiger partial charge in [0, 0.05) is 23.4 Å². The Bertz CT molecular complexity index is 1720. The largest absolute Gasteiger partial charge is 0.465 e. The molecule has 2 heterocycles. The number of hydrogen-bond acceptors (Lipinski definition) is 7. The number of esters is 1. The van der Waals surface area contributed by atoms with Crippen molar-refractivity contribution in [2.75, 3.05) is 13.4 Å². The van der Waals surface area contributed by atoms with Gasteiger partial charge in [-0.05, 0) is 47.9 Å². The van der Waals surface area contributed by atoms with Gasteiger partial charge in [0.05, 0.1) is 28.2 Å². The van der Waals surface area contributed by atoms with E-state index in [0.717, 1.165) is 10.2 Å². The van der Waals surface area contributed by atoms with Crippen LogP contribution >= 0.6 is 0 Å². The van der Waals surface area contributed by atoms with Crippen LogP contribution in [-0.4, -0.2) is 45.1 Å². The second kappa shape index (κ2) is 9.95. The maximum atomic E-state index is 13.9. The molecule has 0 saturated heterocycles. The standard InChI is InChI=1S/C27H26N2O6S2/c1-18(2)14-24(19-10-12-22(13-11-19)36(4,31)32)25-16-20-15-21(27(30)35-3)17-28-26(20)29(25)37(33,34)23-8-6-5-7-9-23/h5-18H,1-4H3/b24-14+. The highest BCUT2D eigenvalue weighted by Gasteiger charge is 2.27. The topological polar surface area (TPSA) is 112 Å². The van der Waals surface area contributed by atoms with Crippen LogP contribution in [0.3, 0.4) is 0 Å². The zero-order valence-electron chi connectivity index (χ0n) is 20.7. The van der Waals surface area contributed by atoms with Crippen LogP contribution in [0.4, 0.5) is 0 Å². The summed E-state index contributed by atoms with van der Waals surface area (Å²) in [7, 11) is -6.26. The average molecular weight is 539 g/mol. The highest BCUT2D eigenvalue weighted by molar-refractivity contribution is 7.90. The van der Waals surface area contributed by atoms with E-state index in [4.69, 9.17) is 4.74 Å². The quantitative estimate of drug-likeness (QED) is 0.317. The number of carbonyl (C=O) groups is 1. The molecule has 0 saturated carbocycles. The first-order valence-electron chi connectivity index (χ1n) is 11.4. The summed E-state index contributed by atoms with van der Waals surface area (Å²) in [4.78, 5) is 16.7. The molecule has 0 aliphatic rings. The Balaban J connectivity index is 2.05. The molecular formula is C27H26N2O6S2. The van der Waals surface area contributed by atoms with E-state index >= 15 is 0 Å². The van der Waals surface area contributed by atoms with E-state index < -0.39 is 25.8 Å². The molecule has 8 nitrogen and oxygen atoms in total. The molecule has 4 rings (SSSR count). The number of pyridine rings is 1. The van der Waals surface area contributed by atoms with Crippen molar-refractivity contribution in [1.29, 1.82) is 0 Å². The number of ether oxygens (including phenoxy) is 1. The maximum Gasteiger partial charge on any atom is 0.339 e. The van der Waals surface area contributed by atoms with Gasteiger partial charge in [-0.1, -0.05) is 50.3 Å². The minimum absolute atomic E-state index is 0.0223. The molecule has 10 heteroatoms. The van der Waals surface area contributed by atoms with Gasteiger partial charge in [-0.15, -0.1) is 0 Å². The highest BCUT2D eigenvalue weighted by Crippen LogP contribution is 2.34. The van der Waals surface area contributed by atoms with E-state index in [9.17, 15) is 21.6 Å². The normalized spacial score (nSPS) is 12.7. The lowest BCUT2D eigenvalue weighted by atomic mass is 9.99. The fourth-order valence-corrected chi connectivity index (χ4v) is 6.11. The summed E-state index contributed by atoms with van der Waals surface area (Å²) in [6.45, 7) is 3.91. The Labute approximate surface area is 216 Å². The molecule has 0 spiro atoms. The summed E-state index contributed by atoms with van der Waals surface area (Å²) in [5.41, 5.74) is 1.86. The van der Waals surface area contributed by atoms with Crippen LogP contribution in [0.1, 0.15) is 35.5 Å². The van der Waals surface area contributed by atoms with Crippen molar-refractivity contribution in [3.63, 3.8) is 0 Å². The second-order valence-electron chi connectivity index (χ2n) is 8.86. The van der Waals surface area contributed by atoms with Crippen molar-refractivity contribution >= 4 is 42.4 Å². The van der Waals surface area contributed by atoms with Gasteiger partial charge >= 0.3 is 5.97 Å². The van der Waals surface area contributed by atoms with Crippen LogP contribution in [-0.2, 0) is 24.6 Å². The third-order valence-corrected chi connectivity index (χ3v) is 8.52. The van der Waals surface area contributed by atoms with Gasteiger partial charge < -0.3 is 4.74 Å². The number of hydrogen-bond donors (Lipinski definition) is 0. The van der Waals surface area contributed by atoms with Gasteiger partial charge in [0.1, 0.15) is 0 Å². The molecule has 0 N–H and O–H groups in total. The number of fused-ring (bicyclic) bond motifs is 1. The van der Waals surface area contributed by atoms with Gasteiger partial charge in [0.2, 0.25) is 0 Å². The van der Waals surface area contributed by atoms with E-state index in [1.807, 2.05) is 19.9 Å². The molecule has 2 aromatic heterocycles. The molecule has 4 aromatic rings. The summed E-state index contributed by atoms with van der Waals surface area (Å²) in [6.07, 6.45) is 4.31. The lowest BCUT2D eigenvalue weighted by Gasteiger charge is -2.15. The van der Waals surface area contributed by atoms with Crippen LogP contribution in [0.5, 0.6) is 0 Å². The number of methoxy groups -OCH3 is 1. The van der Waals surface area contributed by atoms with E-state index in [-0.39, 0.29) is 26.9 Å². The molecule has 2 aromatic carbocycles. The van der Waals surface area contributed by atoms with Gasteiger partial charge in [-0.2, -0.15) is 0 Å². The van der Waals surface area contributed by atoms with Crippen molar-refractivity contribution in [3.8, 4) is 0 Å². The lowest BCUT2D eigenvalue weighted by molar-refractivity contribution is 0.0600. The van der Waals surface area contributed by atoms with E-state index in [0.29, 0.717) is 22.2 Å². The molecular weight excluding hydrogens is 512 g/mol. The highest BCUT2D eigenvalue weighted by atomic mass is 32.2. The Morgan fingerprint density at radius 3 is 2.14 bits per heavy atom. The first-order chi connectivity index (χ1) is 17.4. The van der Waals surface area contributed by atoms with Gasteiger partial charge in [-0.25, -0.2) is 30.6 Å². The maximum absolute atomic E-state index is 13.9. The lowest BCUT2D eigenvalue weighted by Crippen LogP contribution is -2.16. The zero-order chi connectivity index (χ0) is 27.0. The van der Waals surface area contributed by atoms with Crippen molar-refractivity contribution in [1.82, 2.24) is 8.96 Å². The van der Waals surface area contributed by atoms with Crippen molar-refractivity contribution < 1.29 is 26.4 Å². The van der Waals surface area contributed by atoms with Crippen molar-refractivity contribution in [3.05, 3.63) is 95.8 Å². The molecule has 0 amide bonds. The van der Waals surface area contributed by atoms with Crippen molar-refractivity contribution in [2.45, 2.75) is 23.6 Å². The first kappa shape index (κ1) is 26.3. The third-order valence-electron chi connectivity index (χ3n) is 5.67. The number of allylic oxidation sites excluding steroid dienone is 1. The summed E-state index contributed by atoms with van der Waals surface area (Å²) >= 11 is 0. The first-order valence-corrected chi connectivity index (χ1v) is 14.7. The monoisotopic (exact) mass is 538 g/mol. The molecule has 0 bridgehead atoms. The van der Waals surface area contributed by atoms with Crippen LogP contribution < -0.4 is 0 Å². The number of sulfone groups is 1. The number of carbonyl (C=O) groups excluding carboxylic acids is 1. The molecule has 0 atom stereocenters. The number of nitrogens with zero attached hydrogens (tertiary/aromatic N) is 2. The van der Waals surface area contributed by atoms with E-state index in [1.54, 1.807) is 36.4 Å². The minimum atomic E-state index is -4.11. The predicted octanol–water partition coefficient (Wildman–Crippen LogP) is 4.55. The molecule has 0 radical (unpaired) electrons. The van der Waals surface area contributed by atoms with Crippen LogP contribution in [0.15, 0.2) is 88.8 Å². The fourth-order valence-electron chi connectivity index (χ4n) is 3.97. The smallest absolute Gasteiger partial charge is 0.339 e. The SMILES string of the molecule is COC(=O)c1cnc2c(c1)cc(/C(=C/C(C)C)c1ccc(S(C)(=O)=O)cc1)n2S(=O)(=O)c1ccccc1. The average Bonchev–Trinajstić information content (AvgIpc) is 3.26.